The van der Waals surface area contributed by atoms with E-state index in [1.54, 1.807) is 38.5 Å². The topological polar surface area (TPSA) is 0 Å². The lowest BCUT2D eigenvalue weighted by Gasteiger charge is -2.81. The van der Waals surface area contributed by atoms with E-state index in [1.165, 1.54) is 36.0 Å². The van der Waals surface area contributed by atoms with Crippen LogP contribution in [-0.2, 0) is 0 Å². The third kappa shape index (κ3) is 0.657. The molecule has 0 amide bonds. The fourth-order valence-corrected chi connectivity index (χ4v) is 6.06. The lowest BCUT2D eigenvalue weighted by atomic mass is 9.23. The zero-order valence-corrected chi connectivity index (χ0v) is 9.34. The highest BCUT2D eigenvalue weighted by molar-refractivity contribution is 5.24. The van der Waals surface area contributed by atoms with Crippen molar-refractivity contribution in [3.8, 4) is 0 Å². The van der Waals surface area contributed by atoms with E-state index in [0.29, 0.717) is 0 Å². The van der Waals surface area contributed by atoms with Crippen molar-refractivity contribution in [1.29, 1.82) is 0 Å². The minimum atomic E-state index is 0.942. The highest BCUT2D eigenvalue weighted by atomic mass is 14.8. The Morgan fingerprint density at radius 2 is 1.71 bits per heavy atom. The van der Waals surface area contributed by atoms with E-state index >= 15 is 0 Å². The highest BCUT2D eigenvalue weighted by Crippen LogP contribution is 2.83. The fourth-order valence-electron chi connectivity index (χ4n) is 6.06. The maximum atomic E-state index is 2.41. The summed E-state index contributed by atoms with van der Waals surface area (Å²) < 4.78 is 0. The average molecular weight is 190 g/mol. The molecule has 0 spiro atoms. The molecule has 4 saturated carbocycles. The van der Waals surface area contributed by atoms with Gasteiger partial charge in [0.1, 0.15) is 0 Å². The second-order valence-electron chi connectivity index (χ2n) is 6.55. The Morgan fingerprint density at radius 3 is 2.21 bits per heavy atom. The van der Waals surface area contributed by atoms with Crippen molar-refractivity contribution in [3.63, 3.8) is 0 Å². The van der Waals surface area contributed by atoms with E-state index in [1.807, 2.05) is 0 Å². The van der Waals surface area contributed by atoms with Crippen LogP contribution in [0.15, 0.2) is 0 Å². The molecule has 0 nitrogen and oxygen atoms in total. The molecule has 0 heteroatoms. The van der Waals surface area contributed by atoms with Gasteiger partial charge in [0.15, 0.2) is 0 Å². The molecule has 14 heavy (non-hydrogen) atoms. The zero-order valence-electron chi connectivity index (χ0n) is 9.34. The molecule has 0 aromatic rings. The van der Waals surface area contributed by atoms with Gasteiger partial charge in [-0.25, -0.2) is 0 Å². The Morgan fingerprint density at radius 1 is 1.07 bits per heavy atom. The summed E-state index contributed by atoms with van der Waals surface area (Å²) in [5.41, 5.74) is 0.942. The van der Waals surface area contributed by atoms with E-state index < -0.39 is 0 Å². The van der Waals surface area contributed by atoms with Gasteiger partial charge in [0.2, 0.25) is 0 Å². The van der Waals surface area contributed by atoms with Crippen LogP contribution in [0.4, 0.5) is 0 Å². The molecule has 0 aliphatic heterocycles. The minimum Gasteiger partial charge on any atom is -0.0651 e. The van der Waals surface area contributed by atoms with Gasteiger partial charge >= 0.3 is 0 Å². The predicted molar refractivity (Wildman–Crippen MR) is 57.9 cm³/mol. The summed E-state index contributed by atoms with van der Waals surface area (Å²) in [6, 6.07) is 0. The molecule has 0 saturated heterocycles. The SMILES string of the molecule is CCC1C2CC3(C4CCCC4)CC1C23. The van der Waals surface area contributed by atoms with Gasteiger partial charge in [-0.05, 0) is 60.7 Å². The highest BCUT2D eigenvalue weighted by Gasteiger charge is 2.76. The van der Waals surface area contributed by atoms with Gasteiger partial charge in [-0.15, -0.1) is 0 Å². The average Bonchev–Trinajstić information content (AvgIpc) is 2.68. The molecule has 0 aromatic carbocycles. The fraction of sp³-hybridized carbons (Fsp3) is 1.00. The van der Waals surface area contributed by atoms with Crippen LogP contribution in [-0.4, -0.2) is 0 Å². The Hall–Kier alpha value is 0. The van der Waals surface area contributed by atoms with Gasteiger partial charge in [0.25, 0.3) is 0 Å². The van der Waals surface area contributed by atoms with Crippen LogP contribution in [0.3, 0.4) is 0 Å². The molecule has 4 rings (SSSR count). The molecule has 2 unspecified atom stereocenters. The van der Waals surface area contributed by atoms with E-state index in [4.69, 9.17) is 0 Å². The van der Waals surface area contributed by atoms with Gasteiger partial charge in [0.05, 0.1) is 0 Å². The largest absolute Gasteiger partial charge is 0.0651 e. The third-order valence-electron chi connectivity index (χ3n) is 6.56. The molecule has 0 bridgehead atoms. The van der Waals surface area contributed by atoms with Crippen LogP contribution in [0.2, 0.25) is 0 Å². The van der Waals surface area contributed by atoms with Gasteiger partial charge in [-0.3, -0.25) is 0 Å². The molecule has 2 atom stereocenters. The summed E-state index contributed by atoms with van der Waals surface area (Å²) in [4.78, 5) is 0. The van der Waals surface area contributed by atoms with Crippen molar-refractivity contribution in [2.45, 2.75) is 51.9 Å². The number of hydrogen-bond donors (Lipinski definition) is 0. The molecule has 4 aliphatic rings. The Balaban J connectivity index is 1.53. The first-order valence-electron chi connectivity index (χ1n) is 6.87. The molecule has 0 heterocycles. The van der Waals surface area contributed by atoms with Crippen LogP contribution >= 0.6 is 0 Å². The van der Waals surface area contributed by atoms with Crippen molar-refractivity contribution in [2.24, 2.45) is 35.0 Å². The van der Waals surface area contributed by atoms with E-state index in [-0.39, 0.29) is 0 Å². The smallest absolute Gasteiger partial charge is 0.0230 e. The maximum absolute atomic E-state index is 2.41. The second-order valence-corrected chi connectivity index (χ2v) is 6.55. The molecule has 0 aromatic heterocycles. The monoisotopic (exact) mass is 190 g/mol. The predicted octanol–water partition coefficient (Wildman–Crippen LogP) is 3.86. The Bertz CT molecular complexity index is 247. The second kappa shape index (κ2) is 2.39. The van der Waals surface area contributed by atoms with Crippen LogP contribution in [0.25, 0.3) is 0 Å². The van der Waals surface area contributed by atoms with Gasteiger partial charge in [-0.2, -0.15) is 0 Å². The van der Waals surface area contributed by atoms with Crippen LogP contribution in [0, 0.1) is 35.0 Å². The minimum absolute atomic E-state index is 0.942. The van der Waals surface area contributed by atoms with Crippen molar-refractivity contribution in [2.75, 3.05) is 0 Å². The lowest BCUT2D eigenvalue weighted by Crippen LogP contribution is -2.75. The van der Waals surface area contributed by atoms with Gasteiger partial charge in [-0.1, -0.05) is 26.2 Å². The molecular formula is C14H22. The molecule has 4 fully saturated rings. The van der Waals surface area contributed by atoms with Crippen molar-refractivity contribution in [3.05, 3.63) is 0 Å². The summed E-state index contributed by atoms with van der Waals surface area (Å²) in [7, 11) is 0. The number of rotatable bonds is 2. The summed E-state index contributed by atoms with van der Waals surface area (Å²) in [6.45, 7) is 2.41. The normalized spacial score (nSPS) is 59.8. The molecular weight excluding hydrogens is 168 g/mol. The van der Waals surface area contributed by atoms with Crippen molar-refractivity contribution >= 4 is 0 Å². The first-order valence-corrected chi connectivity index (χ1v) is 6.87. The number of hydrogen-bond acceptors (Lipinski definition) is 0. The lowest BCUT2D eigenvalue weighted by molar-refractivity contribution is -0.334. The summed E-state index contributed by atoms with van der Waals surface area (Å²) in [5, 5.41) is 0. The first-order chi connectivity index (χ1) is 6.87. The van der Waals surface area contributed by atoms with E-state index in [0.717, 1.165) is 5.41 Å². The van der Waals surface area contributed by atoms with Crippen LogP contribution < -0.4 is 0 Å². The zero-order chi connectivity index (χ0) is 9.34. The molecule has 78 valence electrons. The first kappa shape index (κ1) is 8.19. The summed E-state index contributed by atoms with van der Waals surface area (Å²) >= 11 is 0. The Labute approximate surface area is 87.5 Å². The van der Waals surface area contributed by atoms with Crippen molar-refractivity contribution in [1.82, 2.24) is 0 Å². The Kier molecular flexibility index (Phi) is 1.40. The third-order valence-corrected chi connectivity index (χ3v) is 6.56. The van der Waals surface area contributed by atoms with Crippen molar-refractivity contribution < 1.29 is 0 Å². The molecule has 0 radical (unpaired) electrons. The maximum Gasteiger partial charge on any atom is -0.0230 e. The summed E-state index contributed by atoms with van der Waals surface area (Å²) in [5.74, 6) is 6.01. The molecule has 4 aliphatic carbocycles. The van der Waals surface area contributed by atoms with Crippen LogP contribution in [0.1, 0.15) is 51.9 Å². The van der Waals surface area contributed by atoms with Gasteiger partial charge in [0, 0.05) is 0 Å². The summed E-state index contributed by atoms with van der Waals surface area (Å²) in [6.07, 6.45) is 11.1. The standard InChI is InChI=1S/C14H22/c1-2-10-11-7-14(8-12(10)13(11)14)9-5-3-4-6-9/h9-13H,2-8H2,1H3. The van der Waals surface area contributed by atoms with E-state index in [2.05, 4.69) is 6.92 Å². The van der Waals surface area contributed by atoms with Crippen LogP contribution in [0.5, 0.6) is 0 Å². The van der Waals surface area contributed by atoms with E-state index in [9.17, 15) is 0 Å². The van der Waals surface area contributed by atoms with Gasteiger partial charge < -0.3 is 0 Å². The quantitative estimate of drug-likeness (QED) is 0.620. The molecule has 0 N–H and O–H groups in total.